The van der Waals surface area contributed by atoms with Gasteiger partial charge in [-0.15, -0.1) is 0 Å². The maximum absolute atomic E-state index is 11.2. The Balaban J connectivity index is 2.44. The second kappa shape index (κ2) is 6.85. The Morgan fingerprint density at radius 2 is 1.90 bits per heavy atom. The second-order valence-corrected chi connectivity index (χ2v) is 6.16. The quantitative estimate of drug-likeness (QED) is 0.339. The highest BCUT2D eigenvalue weighted by molar-refractivity contribution is 7.91. The van der Waals surface area contributed by atoms with E-state index in [9.17, 15) is 23.3 Å². The van der Waals surface area contributed by atoms with Crippen molar-refractivity contribution in [1.29, 1.82) is 0 Å². The van der Waals surface area contributed by atoms with E-state index < -0.39 is 20.9 Å². The first kappa shape index (κ1) is 15.9. The molecule has 1 aromatic carbocycles. The number of hydrogen-bond acceptors (Lipinski definition) is 7. The van der Waals surface area contributed by atoms with E-state index in [1.54, 1.807) is 0 Å². The molecule has 0 N–H and O–H groups in total. The first-order chi connectivity index (χ1) is 9.34. The molecule has 110 valence electrons. The molecule has 0 radical (unpaired) electrons. The number of nitro groups is 1. The predicted octanol–water partition coefficient (Wildman–Crippen LogP) is 1.54. The number of carbonyl (C=O) groups is 1. The van der Waals surface area contributed by atoms with Crippen LogP contribution in [-0.4, -0.2) is 37.6 Å². The molecule has 1 rings (SSSR count). The number of benzene rings is 1. The average Bonchev–Trinajstić information content (AvgIpc) is 2.39. The van der Waals surface area contributed by atoms with Crippen molar-refractivity contribution in [3.8, 4) is 5.75 Å². The highest BCUT2D eigenvalue weighted by Gasteiger charge is 2.12. The molecule has 8 nitrogen and oxygen atoms in total. The standard InChI is InChI=1S/C11H13NO7S/c1-2-20(16,17)8-7-18-11(13)19-10-5-3-9(4-6-10)12(14)15/h3-6H,2,7-8H2,1H3. The molecule has 0 bridgehead atoms. The number of ether oxygens (including phenoxy) is 2. The van der Waals surface area contributed by atoms with Gasteiger partial charge in [0.15, 0.2) is 9.84 Å². The molecule has 0 aliphatic rings. The maximum atomic E-state index is 11.2. The minimum absolute atomic E-state index is 0.0340. The van der Waals surface area contributed by atoms with E-state index in [2.05, 4.69) is 4.74 Å². The third-order valence-corrected chi connectivity index (χ3v) is 3.97. The van der Waals surface area contributed by atoms with Gasteiger partial charge in [0.2, 0.25) is 0 Å². The van der Waals surface area contributed by atoms with Crippen LogP contribution in [-0.2, 0) is 14.6 Å². The molecule has 0 unspecified atom stereocenters. The van der Waals surface area contributed by atoms with Crippen LogP contribution in [0.25, 0.3) is 0 Å². The molecule has 0 fully saturated rings. The molecule has 0 spiro atoms. The van der Waals surface area contributed by atoms with Crippen molar-refractivity contribution in [2.45, 2.75) is 6.92 Å². The van der Waals surface area contributed by atoms with Gasteiger partial charge >= 0.3 is 6.16 Å². The van der Waals surface area contributed by atoms with Gasteiger partial charge in [0.1, 0.15) is 12.4 Å². The van der Waals surface area contributed by atoms with Crippen molar-refractivity contribution < 1.29 is 27.6 Å². The molecule has 20 heavy (non-hydrogen) atoms. The molecule has 1 aromatic rings. The van der Waals surface area contributed by atoms with E-state index in [-0.39, 0.29) is 29.5 Å². The summed E-state index contributed by atoms with van der Waals surface area (Å²) in [4.78, 5) is 21.1. The molecule has 9 heteroatoms. The first-order valence-electron chi connectivity index (χ1n) is 5.63. The van der Waals surface area contributed by atoms with Gasteiger partial charge in [0.25, 0.3) is 5.69 Å². The smallest absolute Gasteiger partial charge is 0.433 e. The molecular weight excluding hydrogens is 290 g/mol. The fraction of sp³-hybridized carbons (Fsp3) is 0.364. The number of carbonyl (C=O) groups excluding carboxylic acids is 1. The Morgan fingerprint density at radius 1 is 1.30 bits per heavy atom. The lowest BCUT2D eigenvalue weighted by atomic mass is 10.3. The molecule has 0 saturated carbocycles. The first-order valence-corrected chi connectivity index (χ1v) is 7.45. The van der Waals surface area contributed by atoms with Gasteiger partial charge in [-0.05, 0) is 12.1 Å². The summed E-state index contributed by atoms with van der Waals surface area (Å²) in [6.45, 7) is 1.19. The number of nitrogens with zero attached hydrogens (tertiary/aromatic N) is 1. The third-order valence-electron chi connectivity index (χ3n) is 2.30. The largest absolute Gasteiger partial charge is 0.513 e. The topological polar surface area (TPSA) is 113 Å². The molecule has 0 heterocycles. The van der Waals surface area contributed by atoms with Crippen LogP contribution in [0.3, 0.4) is 0 Å². The van der Waals surface area contributed by atoms with Crippen molar-refractivity contribution in [3.63, 3.8) is 0 Å². The van der Waals surface area contributed by atoms with E-state index >= 15 is 0 Å². The van der Waals surface area contributed by atoms with Crippen molar-refractivity contribution in [2.24, 2.45) is 0 Å². The highest BCUT2D eigenvalue weighted by Crippen LogP contribution is 2.17. The Kier molecular flexibility index (Phi) is 5.44. The summed E-state index contributed by atoms with van der Waals surface area (Å²) in [7, 11) is -3.21. The van der Waals surface area contributed by atoms with Gasteiger partial charge in [-0.2, -0.15) is 0 Å². The van der Waals surface area contributed by atoms with Crippen LogP contribution in [0, 0.1) is 10.1 Å². The Labute approximate surface area is 115 Å². The lowest BCUT2D eigenvalue weighted by Gasteiger charge is -2.05. The molecule has 0 saturated heterocycles. The maximum Gasteiger partial charge on any atom is 0.513 e. The summed E-state index contributed by atoms with van der Waals surface area (Å²) in [6, 6.07) is 4.82. The van der Waals surface area contributed by atoms with Gasteiger partial charge in [-0.25, -0.2) is 13.2 Å². The van der Waals surface area contributed by atoms with Crippen LogP contribution in [0.2, 0.25) is 0 Å². The fourth-order valence-corrected chi connectivity index (χ4v) is 1.78. The molecule has 0 amide bonds. The van der Waals surface area contributed by atoms with Crippen molar-refractivity contribution in [2.75, 3.05) is 18.1 Å². The molecule has 0 aliphatic carbocycles. The Bertz CT molecular complexity index is 579. The van der Waals surface area contributed by atoms with Crippen molar-refractivity contribution in [3.05, 3.63) is 34.4 Å². The van der Waals surface area contributed by atoms with Gasteiger partial charge in [-0.3, -0.25) is 10.1 Å². The number of hydrogen-bond donors (Lipinski definition) is 0. The van der Waals surface area contributed by atoms with E-state index in [1.807, 2.05) is 0 Å². The van der Waals surface area contributed by atoms with Crippen molar-refractivity contribution in [1.82, 2.24) is 0 Å². The minimum atomic E-state index is -3.21. The molecule has 0 aromatic heterocycles. The number of non-ortho nitro benzene ring substituents is 1. The number of rotatable bonds is 6. The molecule has 0 aliphatic heterocycles. The monoisotopic (exact) mass is 303 g/mol. The fourth-order valence-electron chi connectivity index (χ4n) is 1.16. The van der Waals surface area contributed by atoms with Crippen LogP contribution in [0.1, 0.15) is 6.92 Å². The van der Waals surface area contributed by atoms with E-state index in [0.717, 1.165) is 0 Å². The zero-order valence-corrected chi connectivity index (χ0v) is 11.5. The van der Waals surface area contributed by atoms with E-state index in [1.165, 1.54) is 31.2 Å². The molecular formula is C11H13NO7S. The zero-order chi connectivity index (χ0) is 15.2. The predicted molar refractivity (Wildman–Crippen MR) is 69.4 cm³/mol. The second-order valence-electron chi connectivity index (χ2n) is 3.69. The summed E-state index contributed by atoms with van der Waals surface area (Å²) >= 11 is 0. The lowest BCUT2D eigenvalue weighted by molar-refractivity contribution is -0.384. The Morgan fingerprint density at radius 3 is 2.40 bits per heavy atom. The van der Waals surface area contributed by atoms with E-state index in [4.69, 9.17) is 4.74 Å². The van der Waals surface area contributed by atoms with Gasteiger partial charge < -0.3 is 9.47 Å². The summed E-state index contributed by atoms with van der Waals surface area (Å²) < 4.78 is 31.6. The van der Waals surface area contributed by atoms with Crippen molar-refractivity contribution >= 4 is 21.7 Å². The van der Waals surface area contributed by atoms with E-state index in [0.29, 0.717) is 0 Å². The van der Waals surface area contributed by atoms with Crippen LogP contribution in [0.4, 0.5) is 10.5 Å². The van der Waals surface area contributed by atoms with Crippen LogP contribution in [0.5, 0.6) is 5.75 Å². The molecule has 0 atom stereocenters. The highest BCUT2D eigenvalue weighted by atomic mass is 32.2. The van der Waals surface area contributed by atoms with Gasteiger partial charge in [-0.1, -0.05) is 6.92 Å². The normalized spacial score (nSPS) is 10.8. The lowest BCUT2D eigenvalue weighted by Crippen LogP contribution is -2.18. The van der Waals surface area contributed by atoms with Crippen LogP contribution < -0.4 is 4.74 Å². The Hall–Kier alpha value is -2.16. The van der Waals surface area contributed by atoms with Gasteiger partial charge in [0, 0.05) is 17.9 Å². The summed E-state index contributed by atoms with van der Waals surface area (Å²) in [5.74, 6) is -0.244. The zero-order valence-electron chi connectivity index (χ0n) is 10.6. The summed E-state index contributed by atoms with van der Waals surface area (Å²) in [5, 5.41) is 10.4. The van der Waals surface area contributed by atoms with Crippen LogP contribution in [0.15, 0.2) is 24.3 Å². The number of nitro benzene ring substituents is 1. The van der Waals surface area contributed by atoms with Gasteiger partial charge in [0.05, 0.1) is 10.7 Å². The van der Waals surface area contributed by atoms with Crippen LogP contribution >= 0.6 is 0 Å². The average molecular weight is 303 g/mol. The summed E-state index contributed by atoms with van der Waals surface area (Å²) in [6.07, 6.45) is -1.06. The summed E-state index contributed by atoms with van der Waals surface area (Å²) in [5.41, 5.74) is -0.139. The SMILES string of the molecule is CCS(=O)(=O)CCOC(=O)Oc1ccc([N+](=O)[O-])cc1. The minimum Gasteiger partial charge on any atom is -0.433 e. The third kappa shape index (κ3) is 5.22. The number of sulfone groups is 1.